The Labute approximate surface area is 204 Å². The highest BCUT2D eigenvalue weighted by molar-refractivity contribution is 7.92. The molecule has 10 heteroatoms. The second kappa shape index (κ2) is 9.18. The van der Waals surface area contributed by atoms with Crippen LogP contribution in [0.15, 0.2) is 40.9 Å². The van der Waals surface area contributed by atoms with Crippen LogP contribution in [0.5, 0.6) is 0 Å². The lowest BCUT2D eigenvalue weighted by Crippen LogP contribution is -2.16. The molecule has 0 radical (unpaired) electrons. The number of nitrogens with one attached hydrogen (secondary N) is 2. The summed E-state index contributed by atoms with van der Waals surface area (Å²) >= 11 is 0. The molecule has 0 aliphatic rings. The molecular formula is C25H29N5O4S. The van der Waals surface area contributed by atoms with Crippen LogP contribution in [0, 0.1) is 20.8 Å². The number of pyridine rings is 1. The van der Waals surface area contributed by atoms with E-state index in [2.05, 4.69) is 15.1 Å². The zero-order valence-corrected chi connectivity index (χ0v) is 21.4. The summed E-state index contributed by atoms with van der Waals surface area (Å²) in [5, 5.41) is 8.03. The maximum Gasteiger partial charge on any atom is 0.256 e. The van der Waals surface area contributed by atoms with Crippen LogP contribution in [0.1, 0.15) is 54.3 Å². The Balaban J connectivity index is 1.74. The SMILES string of the molecule is CCS(=O)(=O)Nc1ccc(NC(=O)c2cc(-c3cc(C)oc3C)nc3c2cnn3C(C)C)cc1C. The summed E-state index contributed by atoms with van der Waals surface area (Å²) < 4.78 is 33.9. The third-order valence-corrected chi connectivity index (χ3v) is 7.04. The van der Waals surface area contributed by atoms with Gasteiger partial charge in [-0.3, -0.25) is 9.52 Å². The lowest BCUT2D eigenvalue weighted by atomic mass is 10.1. The van der Waals surface area contributed by atoms with Crippen LogP contribution in [0.3, 0.4) is 0 Å². The summed E-state index contributed by atoms with van der Waals surface area (Å²) in [5.41, 5.74) is 4.20. The van der Waals surface area contributed by atoms with Gasteiger partial charge < -0.3 is 9.73 Å². The number of aromatic nitrogens is 3. The molecule has 0 saturated carbocycles. The predicted octanol–water partition coefficient (Wildman–Crippen LogP) is 5.21. The Morgan fingerprint density at radius 1 is 1.14 bits per heavy atom. The van der Waals surface area contributed by atoms with Crippen LogP contribution in [-0.2, 0) is 10.0 Å². The Kier molecular flexibility index (Phi) is 6.42. The minimum absolute atomic E-state index is 0.0228. The van der Waals surface area contributed by atoms with Crippen molar-refractivity contribution in [1.82, 2.24) is 14.8 Å². The van der Waals surface area contributed by atoms with Crippen LogP contribution >= 0.6 is 0 Å². The van der Waals surface area contributed by atoms with Gasteiger partial charge in [0.2, 0.25) is 10.0 Å². The van der Waals surface area contributed by atoms with Crippen molar-refractivity contribution in [2.24, 2.45) is 0 Å². The zero-order chi connectivity index (χ0) is 25.5. The van der Waals surface area contributed by atoms with Crippen molar-refractivity contribution in [3.8, 4) is 11.3 Å². The van der Waals surface area contributed by atoms with Crippen molar-refractivity contribution < 1.29 is 17.6 Å². The molecule has 2 N–H and O–H groups in total. The standard InChI is InChI=1S/C25H29N5O4S/c1-7-35(32,33)29-22-9-8-18(10-15(22)4)27-25(31)20-12-23(19-11-16(5)34-17(19)6)28-24-21(20)13-26-30(24)14(2)3/h8-14,29H,7H2,1-6H3,(H,27,31). The summed E-state index contributed by atoms with van der Waals surface area (Å²) in [5.74, 6) is 1.14. The molecule has 9 nitrogen and oxygen atoms in total. The summed E-state index contributed by atoms with van der Waals surface area (Å²) in [6.45, 7) is 11.1. The van der Waals surface area contributed by atoms with Crippen molar-refractivity contribution in [2.75, 3.05) is 15.8 Å². The van der Waals surface area contributed by atoms with Gasteiger partial charge in [-0.05, 0) is 77.4 Å². The van der Waals surface area contributed by atoms with Gasteiger partial charge >= 0.3 is 0 Å². The van der Waals surface area contributed by atoms with E-state index in [1.54, 1.807) is 49.0 Å². The van der Waals surface area contributed by atoms with E-state index in [0.29, 0.717) is 39.2 Å². The molecule has 0 unspecified atom stereocenters. The minimum atomic E-state index is -3.40. The average molecular weight is 496 g/mol. The Morgan fingerprint density at radius 3 is 2.49 bits per heavy atom. The van der Waals surface area contributed by atoms with E-state index < -0.39 is 10.0 Å². The number of sulfonamides is 1. The first-order chi connectivity index (χ1) is 16.5. The third-order valence-electron chi connectivity index (χ3n) is 5.75. The molecule has 0 bridgehead atoms. The molecule has 0 spiro atoms. The number of rotatable bonds is 7. The van der Waals surface area contributed by atoms with Gasteiger partial charge in [-0.15, -0.1) is 0 Å². The van der Waals surface area contributed by atoms with E-state index in [4.69, 9.17) is 9.40 Å². The number of hydrogen-bond acceptors (Lipinski definition) is 6. The highest BCUT2D eigenvalue weighted by Crippen LogP contribution is 2.31. The van der Waals surface area contributed by atoms with Gasteiger partial charge in [0.15, 0.2) is 5.65 Å². The maximum absolute atomic E-state index is 13.4. The molecule has 4 aromatic rings. The normalized spacial score (nSPS) is 11.9. The monoisotopic (exact) mass is 495 g/mol. The second-order valence-corrected chi connectivity index (χ2v) is 10.8. The number of aryl methyl sites for hydroxylation is 3. The molecule has 0 saturated heterocycles. The van der Waals surface area contributed by atoms with Gasteiger partial charge in [0.1, 0.15) is 11.5 Å². The molecule has 1 aromatic carbocycles. The number of hydrogen-bond donors (Lipinski definition) is 2. The van der Waals surface area contributed by atoms with Gasteiger partial charge in [-0.1, -0.05) is 0 Å². The first-order valence-electron chi connectivity index (χ1n) is 11.4. The molecule has 3 aromatic heterocycles. The number of nitrogens with zero attached hydrogens (tertiary/aromatic N) is 3. The van der Waals surface area contributed by atoms with Crippen LogP contribution in [0.2, 0.25) is 0 Å². The smallest absolute Gasteiger partial charge is 0.256 e. The van der Waals surface area contributed by atoms with Gasteiger partial charge in [-0.25, -0.2) is 18.1 Å². The number of benzene rings is 1. The van der Waals surface area contributed by atoms with Crippen molar-refractivity contribution in [1.29, 1.82) is 0 Å². The lowest BCUT2D eigenvalue weighted by Gasteiger charge is -2.13. The molecule has 0 aliphatic carbocycles. The highest BCUT2D eigenvalue weighted by atomic mass is 32.2. The average Bonchev–Trinajstić information content (AvgIpc) is 3.37. The van der Waals surface area contributed by atoms with E-state index in [1.165, 1.54) is 0 Å². The van der Waals surface area contributed by atoms with Crippen molar-refractivity contribution in [3.63, 3.8) is 0 Å². The topological polar surface area (TPSA) is 119 Å². The van der Waals surface area contributed by atoms with Crippen LogP contribution < -0.4 is 10.0 Å². The summed E-state index contributed by atoms with van der Waals surface area (Å²) in [4.78, 5) is 18.3. The first kappa shape index (κ1) is 24.5. The lowest BCUT2D eigenvalue weighted by molar-refractivity contribution is 0.102. The summed E-state index contributed by atoms with van der Waals surface area (Å²) in [6.07, 6.45) is 1.66. The van der Waals surface area contributed by atoms with Crippen molar-refractivity contribution in [3.05, 3.63) is 59.2 Å². The molecular weight excluding hydrogens is 466 g/mol. The fourth-order valence-electron chi connectivity index (χ4n) is 3.90. The van der Waals surface area contributed by atoms with E-state index in [-0.39, 0.29) is 17.7 Å². The first-order valence-corrected chi connectivity index (χ1v) is 13.0. The molecule has 184 valence electrons. The Hall–Kier alpha value is -3.66. The number of furan rings is 1. The highest BCUT2D eigenvalue weighted by Gasteiger charge is 2.21. The molecule has 4 rings (SSSR count). The van der Waals surface area contributed by atoms with Gasteiger partial charge in [0, 0.05) is 17.3 Å². The van der Waals surface area contributed by atoms with E-state index in [9.17, 15) is 13.2 Å². The van der Waals surface area contributed by atoms with E-state index in [0.717, 1.165) is 17.1 Å². The zero-order valence-electron chi connectivity index (χ0n) is 20.6. The van der Waals surface area contributed by atoms with Crippen LogP contribution in [0.4, 0.5) is 11.4 Å². The summed E-state index contributed by atoms with van der Waals surface area (Å²) in [6, 6.07) is 8.74. The predicted molar refractivity (Wildman–Crippen MR) is 137 cm³/mol. The summed E-state index contributed by atoms with van der Waals surface area (Å²) in [7, 11) is -3.40. The molecule has 1 amide bonds. The fourth-order valence-corrected chi connectivity index (χ4v) is 4.61. The quantitative estimate of drug-likeness (QED) is 0.363. The van der Waals surface area contributed by atoms with Crippen LogP contribution in [0.25, 0.3) is 22.3 Å². The molecule has 0 atom stereocenters. The van der Waals surface area contributed by atoms with Crippen molar-refractivity contribution in [2.45, 2.75) is 47.6 Å². The van der Waals surface area contributed by atoms with Gasteiger partial charge in [0.25, 0.3) is 5.91 Å². The van der Waals surface area contributed by atoms with Crippen LogP contribution in [-0.4, -0.2) is 34.8 Å². The molecule has 3 heterocycles. The maximum atomic E-state index is 13.4. The Morgan fingerprint density at radius 2 is 1.89 bits per heavy atom. The van der Waals surface area contributed by atoms with E-state index >= 15 is 0 Å². The third kappa shape index (κ3) is 4.93. The van der Waals surface area contributed by atoms with E-state index in [1.807, 2.05) is 33.8 Å². The number of anilines is 2. The van der Waals surface area contributed by atoms with Gasteiger partial charge in [0.05, 0.1) is 34.3 Å². The number of carbonyl (C=O) groups excluding carboxylic acids is 1. The number of fused-ring (bicyclic) bond motifs is 1. The largest absolute Gasteiger partial charge is 0.466 e. The molecule has 35 heavy (non-hydrogen) atoms. The molecule has 0 aliphatic heterocycles. The number of carbonyl (C=O) groups is 1. The molecule has 0 fully saturated rings. The Bertz CT molecular complexity index is 1530. The van der Waals surface area contributed by atoms with Gasteiger partial charge in [-0.2, -0.15) is 5.10 Å². The number of amides is 1. The second-order valence-electron chi connectivity index (χ2n) is 8.79. The fraction of sp³-hybridized carbons (Fsp3) is 0.320. The minimum Gasteiger partial charge on any atom is -0.466 e. The van der Waals surface area contributed by atoms with Crippen molar-refractivity contribution >= 4 is 38.3 Å².